The second kappa shape index (κ2) is 8.79. The lowest BCUT2D eigenvalue weighted by atomic mass is 10.2. The minimum absolute atomic E-state index is 0.0507. The van der Waals surface area contributed by atoms with Crippen molar-refractivity contribution in [2.75, 3.05) is 26.0 Å². The van der Waals surface area contributed by atoms with Gasteiger partial charge in [-0.3, -0.25) is 4.79 Å². The van der Waals surface area contributed by atoms with E-state index in [0.717, 1.165) is 4.31 Å². The summed E-state index contributed by atoms with van der Waals surface area (Å²) in [5, 5.41) is 2.57. The van der Waals surface area contributed by atoms with Crippen LogP contribution >= 0.6 is 0 Å². The van der Waals surface area contributed by atoms with Gasteiger partial charge in [0.15, 0.2) is 0 Å². The summed E-state index contributed by atoms with van der Waals surface area (Å²) >= 11 is 0. The Balaban J connectivity index is 2.26. The van der Waals surface area contributed by atoms with Crippen LogP contribution in [-0.2, 0) is 14.8 Å². The summed E-state index contributed by atoms with van der Waals surface area (Å²) in [5.74, 6) is -0.760. The normalized spacial score (nSPS) is 11.7. The van der Waals surface area contributed by atoms with Crippen molar-refractivity contribution in [3.8, 4) is 5.75 Å². The molecule has 0 fully saturated rings. The van der Waals surface area contributed by atoms with Crippen molar-refractivity contribution >= 4 is 27.7 Å². The highest BCUT2D eigenvalue weighted by molar-refractivity contribution is 7.89. The predicted molar refractivity (Wildman–Crippen MR) is 103 cm³/mol. The zero-order valence-electron chi connectivity index (χ0n) is 15.3. The molecule has 0 aliphatic heterocycles. The van der Waals surface area contributed by atoms with Gasteiger partial charge < -0.3 is 10.1 Å². The van der Waals surface area contributed by atoms with Crippen molar-refractivity contribution in [2.24, 2.45) is 0 Å². The van der Waals surface area contributed by atoms with E-state index in [1.807, 2.05) is 0 Å². The van der Waals surface area contributed by atoms with Gasteiger partial charge in [-0.1, -0.05) is 18.2 Å². The van der Waals surface area contributed by atoms with Crippen LogP contribution in [0.15, 0.2) is 53.4 Å². The number of nitrogens with zero attached hydrogens (tertiary/aromatic N) is 1. The maximum Gasteiger partial charge on any atom is 0.248 e. The number of rotatable bonds is 7. The summed E-state index contributed by atoms with van der Waals surface area (Å²) in [7, 11) is -0.939. The van der Waals surface area contributed by atoms with Crippen molar-refractivity contribution < 1.29 is 22.3 Å². The first-order chi connectivity index (χ1) is 12.8. The van der Waals surface area contributed by atoms with Crippen LogP contribution in [-0.4, -0.2) is 39.3 Å². The molecule has 2 aromatic rings. The zero-order chi connectivity index (χ0) is 20.0. The Morgan fingerprint density at radius 3 is 2.56 bits per heavy atom. The first kappa shape index (κ1) is 20.6. The minimum Gasteiger partial charge on any atom is -0.492 e. The molecule has 0 saturated carbocycles. The number of anilines is 1. The fraction of sp³-hybridized carbons (Fsp3) is 0.211. The molecule has 144 valence electrons. The van der Waals surface area contributed by atoms with Gasteiger partial charge in [-0.05, 0) is 37.3 Å². The Morgan fingerprint density at radius 1 is 1.22 bits per heavy atom. The molecule has 0 unspecified atom stereocenters. The van der Waals surface area contributed by atoms with Gasteiger partial charge in [-0.2, -0.15) is 0 Å². The van der Waals surface area contributed by atoms with Gasteiger partial charge in [-0.15, -0.1) is 0 Å². The third kappa shape index (κ3) is 5.15. The summed E-state index contributed by atoms with van der Waals surface area (Å²) in [4.78, 5) is 12.0. The first-order valence-electron chi connectivity index (χ1n) is 8.18. The van der Waals surface area contributed by atoms with Crippen LogP contribution in [0.4, 0.5) is 10.1 Å². The largest absolute Gasteiger partial charge is 0.492 e. The summed E-state index contributed by atoms with van der Waals surface area (Å²) in [5.41, 5.74) is 0.553. The Bertz CT molecular complexity index is 956. The monoisotopic (exact) mass is 392 g/mol. The third-order valence-electron chi connectivity index (χ3n) is 3.59. The van der Waals surface area contributed by atoms with Gasteiger partial charge in [0.05, 0.1) is 6.61 Å². The maximum atomic E-state index is 13.6. The minimum atomic E-state index is -3.76. The molecule has 27 heavy (non-hydrogen) atoms. The van der Waals surface area contributed by atoms with Crippen molar-refractivity contribution in [3.05, 3.63) is 59.9 Å². The SMILES string of the molecule is CCOc1ccc(NC(=O)/C=C/c2ccccc2F)cc1S(=O)(=O)N(C)C. The lowest BCUT2D eigenvalue weighted by molar-refractivity contribution is -0.111. The van der Waals surface area contributed by atoms with Crippen molar-refractivity contribution in [1.82, 2.24) is 4.31 Å². The quantitative estimate of drug-likeness (QED) is 0.735. The number of hydrogen-bond donors (Lipinski definition) is 1. The van der Waals surface area contributed by atoms with Crippen LogP contribution in [0, 0.1) is 5.82 Å². The van der Waals surface area contributed by atoms with E-state index in [0.29, 0.717) is 6.61 Å². The van der Waals surface area contributed by atoms with Crippen LogP contribution < -0.4 is 10.1 Å². The predicted octanol–water partition coefficient (Wildman–Crippen LogP) is 3.13. The zero-order valence-corrected chi connectivity index (χ0v) is 16.1. The summed E-state index contributed by atoms with van der Waals surface area (Å²) < 4.78 is 45.0. The molecule has 0 spiro atoms. The second-order valence-corrected chi connectivity index (χ2v) is 7.85. The molecule has 0 radical (unpaired) electrons. The average Bonchev–Trinajstić information content (AvgIpc) is 2.62. The lowest BCUT2D eigenvalue weighted by Crippen LogP contribution is -2.23. The van der Waals surface area contributed by atoms with Crippen LogP contribution in [0.1, 0.15) is 12.5 Å². The van der Waals surface area contributed by atoms with E-state index in [2.05, 4.69) is 5.32 Å². The molecule has 0 saturated heterocycles. The maximum absolute atomic E-state index is 13.6. The molecule has 0 atom stereocenters. The van der Waals surface area contributed by atoms with E-state index in [9.17, 15) is 17.6 Å². The molecule has 1 N–H and O–H groups in total. The number of nitrogens with one attached hydrogen (secondary N) is 1. The summed E-state index contributed by atoms with van der Waals surface area (Å²) in [6, 6.07) is 10.4. The van der Waals surface area contributed by atoms with Gasteiger partial charge >= 0.3 is 0 Å². The fourth-order valence-electron chi connectivity index (χ4n) is 2.22. The molecule has 0 aliphatic rings. The van der Waals surface area contributed by atoms with Gasteiger partial charge in [0.1, 0.15) is 16.5 Å². The highest BCUT2D eigenvalue weighted by Crippen LogP contribution is 2.29. The third-order valence-corrected chi connectivity index (χ3v) is 5.43. The number of ether oxygens (including phenoxy) is 1. The van der Waals surface area contributed by atoms with E-state index in [1.165, 1.54) is 56.6 Å². The van der Waals surface area contributed by atoms with Gasteiger partial charge in [0.2, 0.25) is 15.9 Å². The highest BCUT2D eigenvalue weighted by atomic mass is 32.2. The topological polar surface area (TPSA) is 75.7 Å². The standard InChI is InChI=1S/C19H21FN2O4S/c1-4-26-17-11-10-15(13-18(17)27(24,25)22(2)3)21-19(23)12-9-14-7-5-6-8-16(14)20/h5-13H,4H2,1-3H3,(H,21,23)/b12-9+. The Kier molecular flexibility index (Phi) is 6.70. The van der Waals surface area contributed by atoms with E-state index >= 15 is 0 Å². The summed E-state index contributed by atoms with van der Waals surface area (Å²) in [6.45, 7) is 2.04. The smallest absolute Gasteiger partial charge is 0.248 e. The van der Waals surface area contributed by atoms with E-state index in [4.69, 9.17) is 4.74 Å². The van der Waals surface area contributed by atoms with Gasteiger partial charge in [0, 0.05) is 31.4 Å². The molecule has 0 heterocycles. The van der Waals surface area contributed by atoms with Crippen LogP contribution in [0.2, 0.25) is 0 Å². The van der Waals surface area contributed by atoms with Gasteiger partial charge in [0.25, 0.3) is 0 Å². The number of benzene rings is 2. The molecule has 0 aliphatic carbocycles. The molecular formula is C19H21FN2O4S. The van der Waals surface area contributed by atoms with Crippen LogP contribution in [0.25, 0.3) is 6.08 Å². The van der Waals surface area contributed by atoms with Crippen LogP contribution in [0.3, 0.4) is 0 Å². The number of sulfonamides is 1. The molecule has 2 aromatic carbocycles. The molecule has 1 amide bonds. The number of hydrogen-bond acceptors (Lipinski definition) is 4. The first-order valence-corrected chi connectivity index (χ1v) is 9.62. The summed E-state index contributed by atoms with van der Waals surface area (Å²) in [6.07, 6.45) is 2.52. The molecule has 6 nitrogen and oxygen atoms in total. The van der Waals surface area contributed by atoms with Crippen LogP contribution in [0.5, 0.6) is 5.75 Å². The number of carbonyl (C=O) groups is 1. The highest BCUT2D eigenvalue weighted by Gasteiger charge is 2.23. The Hall–Kier alpha value is -2.71. The molecule has 0 bridgehead atoms. The fourth-order valence-corrected chi connectivity index (χ4v) is 3.27. The number of amides is 1. The van der Waals surface area contributed by atoms with Gasteiger partial charge in [-0.25, -0.2) is 17.1 Å². The van der Waals surface area contributed by atoms with Crippen molar-refractivity contribution in [1.29, 1.82) is 0 Å². The lowest BCUT2D eigenvalue weighted by Gasteiger charge is -2.16. The molecule has 0 aromatic heterocycles. The van der Waals surface area contributed by atoms with E-state index in [1.54, 1.807) is 19.1 Å². The Morgan fingerprint density at radius 2 is 1.93 bits per heavy atom. The molecule has 8 heteroatoms. The number of carbonyl (C=O) groups excluding carboxylic acids is 1. The van der Waals surface area contributed by atoms with E-state index < -0.39 is 21.7 Å². The van der Waals surface area contributed by atoms with E-state index in [-0.39, 0.29) is 21.9 Å². The Labute approximate surface area is 158 Å². The average molecular weight is 392 g/mol. The molecular weight excluding hydrogens is 371 g/mol. The second-order valence-electron chi connectivity index (χ2n) is 5.73. The molecule has 2 rings (SSSR count). The number of halogens is 1. The van der Waals surface area contributed by atoms with Crippen molar-refractivity contribution in [3.63, 3.8) is 0 Å². The van der Waals surface area contributed by atoms with Crippen molar-refractivity contribution in [2.45, 2.75) is 11.8 Å².